The van der Waals surface area contributed by atoms with Gasteiger partial charge in [0.1, 0.15) is 11.5 Å². The number of benzene rings is 1. The predicted molar refractivity (Wildman–Crippen MR) is 88.6 cm³/mol. The number of ether oxygens (including phenoxy) is 1. The number of carbonyl (C=O) groups excluding carboxylic acids is 1. The Bertz CT molecular complexity index is 999. The Balaban J connectivity index is 1.54. The Labute approximate surface area is 143 Å². The Morgan fingerprint density at radius 3 is 2.96 bits per heavy atom. The van der Waals surface area contributed by atoms with Crippen LogP contribution >= 0.6 is 0 Å². The van der Waals surface area contributed by atoms with Gasteiger partial charge in [-0.3, -0.25) is 4.79 Å². The van der Waals surface area contributed by atoms with Gasteiger partial charge in [-0.2, -0.15) is 4.98 Å². The van der Waals surface area contributed by atoms with Gasteiger partial charge in [0.2, 0.25) is 5.82 Å². The molecule has 2 aliphatic rings. The molecule has 0 saturated heterocycles. The van der Waals surface area contributed by atoms with Crippen molar-refractivity contribution in [2.75, 3.05) is 6.61 Å². The summed E-state index contributed by atoms with van der Waals surface area (Å²) >= 11 is 0. The maximum Gasteiger partial charge on any atom is 0.294 e. The molecule has 0 saturated carbocycles. The normalized spacial score (nSPS) is 15.8. The number of carbonyl (C=O) groups is 1. The minimum Gasteiger partial charge on any atom is -0.493 e. The van der Waals surface area contributed by atoms with Crippen LogP contribution < -0.4 is 4.74 Å². The molecule has 25 heavy (non-hydrogen) atoms. The molecule has 0 unspecified atom stereocenters. The summed E-state index contributed by atoms with van der Waals surface area (Å²) in [5, 5.41) is 4.08. The average Bonchev–Trinajstić information content (AvgIpc) is 3.32. The largest absolute Gasteiger partial charge is 0.493 e. The molecule has 1 aromatic carbocycles. The number of fused-ring (bicyclic) bond motifs is 2. The molecule has 1 aliphatic heterocycles. The highest BCUT2D eigenvalue weighted by atomic mass is 16.5. The van der Waals surface area contributed by atoms with Crippen LogP contribution in [-0.2, 0) is 12.8 Å². The van der Waals surface area contributed by atoms with E-state index in [2.05, 4.69) is 10.1 Å². The molecule has 5 rings (SSSR count). The van der Waals surface area contributed by atoms with Crippen molar-refractivity contribution < 1.29 is 18.5 Å². The molecule has 0 N–H and O–H groups in total. The number of Topliss-reactive ketones (excluding diaryl/α,β-unsaturated/α-hetero) is 1. The predicted octanol–water partition coefficient (Wildman–Crippen LogP) is 3.76. The van der Waals surface area contributed by atoms with E-state index in [0.717, 1.165) is 47.5 Å². The maximum absolute atomic E-state index is 12.1. The summed E-state index contributed by atoms with van der Waals surface area (Å²) in [6, 6.07) is 5.88. The lowest BCUT2D eigenvalue weighted by molar-refractivity contribution is 0.0969. The first-order chi connectivity index (χ1) is 12.2. The van der Waals surface area contributed by atoms with Crippen LogP contribution in [0.5, 0.6) is 5.75 Å². The summed E-state index contributed by atoms with van der Waals surface area (Å²) < 4.78 is 16.8. The fourth-order valence-electron chi connectivity index (χ4n) is 3.61. The van der Waals surface area contributed by atoms with E-state index >= 15 is 0 Å². The van der Waals surface area contributed by atoms with Gasteiger partial charge >= 0.3 is 0 Å². The van der Waals surface area contributed by atoms with E-state index in [1.54, 1.807) is 0 Å². The van der Waals surface area contributed by atoms with Crippen LogP contribution in [0, 0.1) is 6.92 Å². The summed E-state index contributed by atoms with van der Waals surface area (Å²) in [6.07, 6.45) is 3.05. The van der Waals surface area contributed by atoms with Crippen LogP contribution in [0.4, 0.5) is 0 Å². The molecule has 126 valence electrons. The number of aromatic nitrogens is 2. The van der Waals surface area contributed by atoms with Crippen molar-refractivity contribution in [1.29, 1.82) is 0 Å². The molecule has 6 nitrogen and oxygen atoms in total. The zero-order valence-corrected chi connectivity index (χ0v) is 13.8. The number of aryl methyl sites for hydroxylation is 1. The van der Waals surface area contributed by atoms with E-state index in [1.165, 1.54) is 0 Å². The van der Waals surface area contributed by atoms with Crippen LogP contribution in [0.1, 0.15) is 40.1 Å². The van der Waals surface area contributed by atoms with Gasteiger partial charge in [0, 0.05) is 30.4 Å². The van der Waals surface area contributed by atoms with Crippen molar-refractivity contribution in [1.82, 2.24) is 10.1 Å². The average molecular weight is 336 g/mol. The summed E-state index contributed by atoms with van der Waals surface area (Å²) in [5.74, 6) is 3.10. The van der Waals surface area contributed by atoms with E-state index < -0.39 is 0 Å². The first kappa shape index (κ1) is 14.5. The molecule has 0 atom stereocenters. The Morgan fingerprint density at radius 1 is 1.16 bits per heavy atom. The van der Waals surface area contributed by atoms with Gasteiger partial charge in [0.15, 0.2) is 11.5 Å². The summed E-state index contributed by atoms with van der Waals surface area (Å²) in [4.78, 5) is 16.6. The Hall–Kier alpha value is -2.89. The van der Waals surface area contributed by atoms with Gasteiger partial charge in [-0.1, -0.05) is 5.16 Å². The van der Waals surface area contributed by atoms with E-state index in [-0.39, 0.29) is 5.78 Å². The molecule has 2 aromatic heterocycles. The molecule has 0 radical (unpaired) electrons. The number of hydrogen-bond acceptors (Lipinski definition) is 6. The number of hydrogen-bond donors (Lipinski definition) is 0. The van der Waals surface area contributed by atoms with Gasteiger partial charge in [-0.15, -0.1) is 0 Å². The van der Waals surface area contributed by atoms with Gasteiger partial charge in [-0.25, -0.2) is 0 Å². The number of rotatable bonds is 2. The number of furan rings is 1. The highest BCUT2D eigenvalue weighted by Gasteiger charge is 2.29. The van der Waals surface area contributed by atoms with E-state index in [1.807, 2.05) is 25.1 Å². The quantitative estimate of drug-likeness (QED) is 0.709. The molecule has 3 heterocycles. The van der Waals surface area contributed by atoms with Crippen molar-refractivity contribution in [3.8, 4) is 28.8 Å². The molecule has 0 amide bonds. The van der Waals surface area contributed by atoms with Crippen molar-refractivity contribution in [2.45, 2.75) is 32.6 Å². The van der Waals surface area contributed by atoms with Crippen molar-refractivity contribution >= 4 is 5.78 Å². The molecule has 0 fully saturated rings. The van der Waals surface area contributed by atoms with E-state index in [0.29, 0.717) is 36.1 Å². The lowest BCUT2D eigenvalue weighted by atomic mass is 9.94. The summed E-state index contributed by atoms with van der Waals surface area (Å²) in [6.45, 7) is 2.58. The first-order valence-electron chi connectivity index (χ1n) is 8.46. The number of ketones is 1. The minimum atomic E-state index is 0.132. The minimum absolute atomic E-state index is 0.132. The maximum atomic E-state index is 12.1. The molecular weight excluding hydrogens is 320 g/mol. The third-order valence-corrected chi connectivity index (χ3v) is 4.87. The zero-order valence-electron chi connectivity index (χ0n) is 13.8. The fraction of sp³-hybridized carbons (Fsp3) is 0.316. The molecule has 0 spiro atoms. The van der Waals surface area contributed by atoms with Gasteiger partial charge in [0.25, 0.3) is 5.89 Å². The van der Waals surface area contributed by atoms with Gasteiger partial charge in [-0.05, 0) is 37.1 Å². The van der Waals surface area contributed by atoms with Crippen LogP contribution in [0.25, 0.3) is 23.0 Å². The second-order valence-electron chi connectivity index (χ2n) is 6.48. The highest BCUT2D eigenvalue weighted by Crippen LogP contribution is 2.36. The third kappa shape index (κ3) is 2.21. The van der Waals surface area contributed by atoms with Crippen LogP contribution in [0.2, 0.25) is 0 Å². The highest BCUT2D eigenvalue weighted by molar-refractivity contribution is 6.00. The fourth-order valence-corrected chi connectivity index (χ4v) is 3.61. The van der Waals surface area contributed by atoms with Crippen molar-refractivity contribution in [2.24, 2.45) is 0 Å². The molecule has 0 bridgehead atoms. The lowest BCUT2D eigenvalue weighted by Crippen LogP contribution is -2.09. The molecule has 3 aromatic rings. The molecule has 6 heteroatoms. The Morgan fingerprint density at radius 2 is 2.08 bits per heavy atom. The van der Waals surface area contributed by atoms with E-state index in [9.17, 15) is 4.79 Å². The smallest absolute Gasteiger partial charge is 0.294 e. The monoisotopic (exact) mass is 336 g/mol. The third-order valence-electron chi connectivity index (χ3n) is 4.87. The van der Waals surface area contributed by atoms with Crippen molar-refractivity contribution in [3.05, 3.63) is 40.6 Å². The standard InChI is InChI=1S/C19H16N2O4/c1-10-16-13(22)3-2-4-15(16)24-17(10)19-20-18(21-25-19)12-5-6-14-11(9-12)7-8-23-14/h5-6,9H,2-4,7-8H2,1H3. The molecule has 1 aliphatic carbocycles. The summed E-state index contributed by atoms with van der Waals surface area (Å²) in [5.41, 5.74) is 3.51. The molecular formula is C19H16N2O4. The van der Waals surface area contributed by atoms with Crippen molar-refractivity contribution in [3.63, 3.8) is 0 Å². The van der Waals surface area contributed by atoms with Crippen LogP contribution in [-0.4, -0.2) is 22.5 Å². The second-order valence-corrected chi connectivity index (χ2v) is 6.48. The topological polar surface area (TPSA) is 78.4 Å². The lowest BCUT2D eigenvalue weighted by Gasteiger charge is -2.07. The summed E-state index contributed by atoms with van der Waals surface area (Å²) in [7, 11) is 0. The van der Waals surface area contributed by atoms with Gasteiger partial charge in [0.05, 0.1) is 12.2 Å². The van der Waals surface area contributed by atoms with E-state index in [4.69, 9.17) is 13.7 Å². The van der Waals surface area contributed by atoms with Gasteiger partial charge < -0.3 is 13.7 Å². The van der Waals surface area contributed by atoms with Crippen LogP contribution in [0.15, 0.2) is 27.1 Å². The first-order valence-corrected chi connectivity index (χ1v) is 8.46. The second kappa shape index (κ2) is 5.31. The Kier molecular flexibility index (Phi) is 3.07. The zero-order chi connectivity index (χ0) is 17.0. The van der Waals surface area contributed by atoms with Crippen LogP contribution in [0.3, 0.4) is 0 Å². The SMILES string of the molecule is Cc1c(-c2nc(-c3ccc4c(c3)CCO4)no2)oc2c1C(=O)CCC2. The number of nitrogens with zero attached hydrogens (tertiary/aromatic N) is 2.